The Kier molecular flexibility index (Phi) is 4.53. The van der Waals surface area contributed by atoms with Gasteiger partial charge in [-0.1, -0.05) is 6.07 Å². The Hall–Kier alpha value is -4.27. The number of pyridine rings is 1. The molecular weight excluding hydrogens is 420 g/mol. The highest BCUT2D eigenvalue weighted by atomic mass is 16.5. The van der Waals surface area contributed by atoms with E-state index in [1.165, 1.54) is 0 Å². The second-order valence-corrected chi connectivity index (χ2v) is 7.97. The summed E-state index contributed by atoms with van der Waals surface area (Å²) >= 11 is 0. The molecule has 4 aromatic rings. The number of hydrogen-bond donors (Lipinski definition) is 2. The fraction of sp³-hybridized carbons (Fsp3) is 0.208. The van der Waals surface area contributed by atoms with Gasteiger partial charge in [0.15, 0.2) is 23.6 Å². The zero-order chi connectivity index (χ0) is 22.4. The monoisotopic (exact) mass is 442 g/mol. The van der Waals surface area contributed by atoms with E-state index in [1.54, 1.807) is 12.4 Å². The van der Waals surface area contributed by atoms with Gasteiger partial charge in [-0.05, 0) is 42.3 Å². The first-order valence-electron chi connectivity index (χ1n) is 10.8. The van der Waals surface area contributed by atoms with Gasteiger partial charge in [-0.15, -0.1) is 0 Å². The van der Waals surface area contributed by atoms with Crippen LogP contribution in [0.2, 0.25) is 0 Å². The predicted molar refractivity (Wildman–Crippen MR) is 124 cm³/mol. The van der Waals surface area contributed by atoms with Gasteiger partial charge in [0.2, 0.25) is 5.95 Å². The first kappa shape index (κ1) is 19.4. The van der Waals surface area contributed by atoms with Crippen molar-refractivity contribution in [2.75, 3.05) is 18.5 Å². The van der Waals surface area contributed by atoms with Crippen LogP contribution >= 0.6 is 0 Å². The Morgan fingerprint density at radius 2 is 1.97 bits per heavy atom. The van der Waals surface area contributed by atoms with E-state index in [2.05, 4.69) is 21.4 Å². The summed E-state index contributed by atoms with van der Waals surface area (Å²) in [7, 11) is 0. The molecule has 0 bridgehead atoms. The van der Waals surface area contributed by atoms with Crippen LogP contribution in [0.15, 0.2) is 59.9 Å². The van der Waals surface area contributed by atoms with Gasteiger partial charge in [-0.3, -0.25) is 14.9 Å². The molecule has 6 rings (SSSR count). The molecule has 0 amide bonds. The highest BCUT2D eigenvalue weighted by Gasteiger charge is 2.27. The number of ether oxygens (including phenoxy) is 3. The van der Waals surface area contributed by atoms with Crippen LogP contribution in [0.25, 0.3) is 11.0 Å². The molecule has 2 aliphatic heterocycles. The lowest BCUT2D eigenvalue weighted by molar-refractivity contribution is 0.297. The second-order valence-electron chi connectivity index (χ2n) is 7.97. The minimum atomic E-state index is -0.387. The number of aliphatic imine (C=N–C) groups is 1. The first-order valence-corrected chi connectivity index (χ1v) is 10.8. The molecular formula is C24H22N6O3. The van der Waals surface area contributed by atoms with E-state index in [-0.39, 0.29) is 6.17 Å². The lowest BCUT2D eigenvalue weighted by Gasteiger charge is -2.24. The van der Waals surface area contributed by atoms with Crippen molar-refractivity contribution in [3.63, 3.8) is 0 Å². The summed E-state index contributed by atoms with van der Waals surface area (Å²) in [5.74, 6) is 3.78. The number of aromatic nitrogens is 3. The normalized spacial score (nSPS) is 17.0. The van der Waals surface area contributed by atoms with Crippen molar-refractivity contribution < 1.29 is 14.2 Å². The summed E-state index contributed by atoms with van der Waals surface area (Å²) in [5, 5.41) is 3.08. The van der Waals surface area contributed by atoms with Crippen LogP contribution in [-0.4, -0.2) is 33.7 Å². The molecule has 0 radical (unpaired) electrons. The molecule has 33 heavy (non-hydrogen) atoms. The van der Waals surface area contributed by atoms with Crippen molar-refractivity contribution in [3.05, 3.63) is 66.0 Å². The Bertz CT molecular complexity index is 1380. The van der Waals surface area contributed by atoms with Crippen LogP contribution in [0.4, 0.5) is 5.95 Å². The summed E-state index contributed by atoms with van der Waals surface area (Å²) in [6.45, 7) is 3.24. The first-order chi connectivity index (χ1) is 16.2. The number of aryl methyl sites for hydroxylation is 1. The van der Waals surface area contributed by atoms with Gasteiger partial charge in [0.25, 0.3) is 0 Å². The van der Waals surface area contributed by atoms with Crippen LogP contribution in [0.5, 0.6) is 23.0 Å². The molecule has 9 nitrogen and oxygen atoms in total. The highest BCUT2D eigenvalue weighted by molar-refractivity contribution is 5.95. The number of guanidine groups is 1. The van der Waals surface area contributed by atoms with Gasteiger partial charge in [-0.2, -0.15) is 0 Å². The van der Waals surface area contributed by atoms with Crippen molar-refractivity contribution in [2.24, 2.45) is 10.7 Å². The Labute approximate surface area is 189 Å². The zero-order valence-corrected chi connectivity index (χ0v) is 18.0. The molecule has 1 atom stereocenters. The fourth-order valence-corrected chi connectivity index (χ4v) is 4.13. The smallest absolute Gasteiger partial charge is 0.212 e. The summed E-state index contributed by atoms with van der Waals surface area (Å²) in [4.78, 5) is 13.5. The third kappa shape index (κ3) is 3.47. The highest BCUT2D eigenvalue weighted by Crippen LogP contribution is 2.39. The minimum Gasteiger partial charge on any atom is -0.489 e. The molecule has 2 aromatic heterocycles. The van der Waals surface area contributed by atoms with E-state index in [4.69, 9.17) is 24.9 Å². The lowest BCUT2D eigenvalue weighted by atomic mass is 10.1. The average Bonchev–Trinajstić information content (AvgIpc) is 3.00. The Morgan fingerprint density at radius 1 is 1.12 bits per heavy atom. The summed E-state index contributed by atoms with van der Waals surface area (Å²) < 4.78 is 19.7. The van der Waals surface area contributed by atoms with Crippen LogP contribution in [0.3, 0.4) is 0 Å². The van der Waals surface area contributed by atoms with Crippen LogP contribution in [0, 0.1) is 6.92 Å². The van der Waals surface area contributed by atoms with Crippen molar-refractivity contribution in [1.29, 1.82) is 0 Å². The SMILES string of the molecule is Cc1cc(C2N=C(N)Nc3nc4cc5c(cc4n32)OCCCO5)ccc1Oc1cccnc1. The topological polar surface area (TPSA) is 109 Å². The maximum absolute atomic E-state index is 6.12. The van der Waals surface area contributed by atoms with Crippen LogP contribution < -0.4 is 25.3 Å². The van der Waals surface area contributed by atoms with Crippen molar-refractivity contribution in [3.8, 4) is 23.0 Å². The Balaban J connectivity index is 1.42. The van der Waals surface area contributed by atoms with Gasteiger partial charge >= 0.3 is 0 Å². The molecule has 9 heteroatoms. The quantitative estimate of drug-likeness (QED) is 0.494. The fourth-order valence-electron chi connectivity index (χ4n) is 4.13. The van der Waals surface area contributed by atoms with Gasteiger partial charge in [-0.25, -0.2) is 9.98 Å². The standard InChI is InChI=1S/C24H22N6O3/c1-14-10-15(5-6-19(14)33-16-4-2-7-26-13-16)22-28-23(25)29-24-27-17-11-20-21(12-18(17)30(22)24)32-9-3-8-31-20/h2,4-7,10-13,22H,3,8-9H2,1H3,(H3,25,27,28,29). The van der Waals surface area contributed by atoms with Crippen molar-refractivity contribution >= 4 is 22.9 Å². The van der Waals surface area contributed by atoms with E-state index in [0.717, 1.165) is 34.3 Å². The third-order valence-electron chi connectivity index (χ3n) is 5.66. The summed E-state index contributed by atoms with van der Waals surface area (Å²) in [6, 6.07) is 13.6. The summed E-state index contributed by atoms with van der Waals surface area (Å²) in [5.41, 5.74) is 9.72. The maximum Gasteiger partial charge on any atom is 0.212 e. The number of nitrogens with two attached hydrogens (primary N) is 1. The van der Waals surface area contributed by atoms with E-state index >= 15 is 0 Å². The third-order valence-corrected chi connectivity index (χ3v) is 5.66. The van der Waals surface area contributed by atoms with E-state index in [1.807, 2.05) is 47.9 Å². The van der Waals surface area contributed by atoms with Gasteiger partial charge in [0.1, 0.15) is 11.5 Å². The molecule has 2 aromatic carbocycles. The van der Waals surface area contributed by atoms with Crippen LogP contribution in [-0.2, 0) is 0 Å². The van der Waals surface area contributed by atoms with E-state index < -0.39 is 0 Å². The number of anilines is 1. The molecule has 0 saturated carbocycles. The number of rotatable bonds is 3. The average molecular weight is 442 g/mol. The van der Waals surface area contributed by atoms with Crippen molar-refractivity contribution in [2.45, 2.75) is 19.5 Å². The molecule has 3 N–H and O–H groups in total. The van der Waals surface area contributed by atoms with E-state index in [0.29, 0.717) is 42.4 Å². The number of nitrogens with one attached hydrogen (secondary N) is 1. The molecule has 0 aliphatic carbocycles. The zero-order valence-electron chi connectivity index (χ0n) is 18.0. The molecule has 166 valence electrons. The number of benzene rings is 2. The minimum absolute atomic E-state index is 0.310. The lowest BCUT2D eigenvalue weighted by Crippen LogP contribution is -2.31. The number of nitrogens with zero attached hydrogens (tertiary/aromatic N) is 4. The number of fused-ring (bicyclic) bond motifs is 4. The molecule has 1 unspecified atom stereocenters. The largest absolute Gasteiger partial charge is 0.489 e. The van der Waals surface area contributed by atoms with Gasteiger partial charge in [0.05, 0.1) is 30.4 Å². The molecule has 4 heterocycles. The molecule has 0 spiro atoms. The Morgan fingerprint density at radius 3 is 2.76 bits per heavy atom. The number of imidazole rings is 1. The summed E-state index contributed by atoms with van der Waals surface area (Å²) in [6.07, 6.45) is 3.85. The molecule has 0 saturated heterocycles. The predicted octanol–water partition coefficient (Wildman–Crippen LogP) is 3.98. The maximum atomic E-state index is 6.12. The molecule has 2 aliphatic rings. The van der Waals surface area contributed by atoms with Gasteiger partial charge < -0.3 is 19.9 Å². The van der Waals surface area contributed by atoms with Crippen molar-refractivity contribution in [1.82, 2.24) is 14.5 Å². The second kappa shape index (κ2) is 7.70. The van der Waals surface area contributed by atoms with Gasteiger partial charge in [0, 0.05) is 24.8 Å². The van der Waals surface area contributed by atoms with E-state index in [9.17, 15) is 0 Å². The van der Waals surface area contributed by atoms with Crippen LogP contribution in [0.1, 0.15) is 23.7 Å². The molecule has 0 fully saturated rings. The number of hydrogen-bond acceptors (Lipinski definition) is 8.